The molecule has 0 bridgehead atoms. The van der Waals surface area contributed by atoms with Crippen molar-refractivity contribution in [3.8, 4) is 0 Å². The van der Waals surface area contributed by atoms with Crippen LogP contribution in [-0.2, 0) is 26.0 Å². The first kappa shape index (κ1) is 22.6. The van der Waals surface area contributed by atoms with Gasteiger partial charge in [0.1, 0.15) is 11.1 Å². The second-order valence-corrected chi connectivity index (χ2v) is 9.93. The Kier molecular flexibility index (Phi) is 7.19. The highest BCUT2D eigenvalue weighted by Crippen LogP contribution is 2.31. The van der Waals surface area contributed by atoms with E-state index in [4.69, 9.17) is 0 Å². The van der Waals surface area contributed by atoms with E-state index in [1.165, 1.54) is 23.5 Å². The van der Waals surface area contributed by atoms with E-state index in [0.29, 0.717) is 4.88 Å². The van der Waals surface area contributed by atoms with Crippen LogP contribution < -0.4 is 10.6 Å². The lowest BCUT2D eigenvalue weighted by atomic mass is 10.1. The van der Waals surface area contributed by atoms with Crippen molar-refractivity contribution < 1.29 is 22.4 Å². The Hall–Kier alpha value is -3.04. The molecule has 0 aliphatic carbocycles. The molecule has 0 aliphatic heterocycles. The first-order valence-corrected chi connectivity index (χ1v) is 11.8. The van der Waals surface area contributed by atoms with Gasteiger partial charge < -0.3 is 10.6 Å². The molecule has 1 heterocycles. The molecule has 3 aromatic rings. The number of nitrogens with one attached hydrogen (secondary N) is 2. The quantitative estimate of drug-likeness (QED) is 0.419. The fourth-order valence-corrected chi connectivity index (χ4v) is 5.74. The number of halogens is 1. The second-order valence-electron chi connectivity index (χ2n) is 6.82. The van der Waals surface area contributed by atoms with Crippen LogP contribution in [0.4, 0.5) is 4.39 Å². The summed E-state index contributed by atoms with van der Waals surface area (Å²) in [7, 11) is -3.93. The predicted octanol–water partition coefficient (Wildman–Crippen LogP) is 3.14. The Bertz CT molecular complexity index is 1160. The molecule has 6 nitrogen and oxygen atoms in total. The van der Waals surface area contributed by atoms with E-state index in [0.717, 1.165) is 23.3 Å². The van der Waals surface area contributed by atoms with Crippen molar-refractivity contribution in [2.24, 2.45) is 0 Å². The molecule has 2 amide bonds. The molecule has 0 saturated carbocycles. The van der Waals surface area contributed by atoms with Crippen molar-refractivity contribution in [2.75, 3.05) is 6.54 Å². The second kappa shape index (κ2) is 9.84. The highest BCUT2D eigenvalue weighted by molar-refractivity contribution is 7.91. The summed E-state index contributed by atoms with van der Waals surface area (Å²) in [5.41, 5.74) is 1.85. The van der Waals surface area contributed by atoms with Crippen molar-refractivity contribution in [2.45, 2.75) is 23.6 Å². The van der Waals surface area contributed by atoms with Crippen molar-refractivity contribution >= 4 is 33.0 Å². The zero-order chi connectivity index (χ0) is 22.4. The average molecular weight is 461 g/mol. The first-order chi connectivity index (χ1) is 14.8. The monoisotopic (exact) mass is 460 g/mol. The zero-order valence-electron chi connectivity index (χ0n) is 16.7. The van der Waals surface area contributed by atoms with Gasteiger partial charge in [0.05, 0.1) is 4.90 Å². The Morgan fingerprint density at radius 2 is 1.65 bits per heavy atom. The minimum absolute atomic E-state index is 0.0643. The van der Waals surface area contributed by atoms with Crippen LogP contribution in [0.1, 0.15) is 21.3 Å². The molecule has 31 heavy (non-hydrogen) atoms. The van der Waals surface area contributed by atoms with E-state index in [1.54, 1.807) is 17.5 Å². The van der Waals surface area contributed by atoms with Crippen LogP contribution in [0.25, 0.3) is 0 Å². The number of benzene rings is 2. The van der Waals surface area contributed by atoms with Gasteiger partial charge in [0.2, 0.25) is 0 Å². The summed E-state index contributed by atoms with van der Waals surface area (Å²) in [6.45, 7) is 1.78. The van der Waals surface area contributed by atoms with Gasteiger partial charge >= 0.3 is 11.8 Å². The van der Waals surface area contributed by atoms with Gasteiger partial charge in [-0.3, -0.25) is 9.59 Å². The van der Waals surface area contributed by atoms with E-state index >= 15 is 0 Å². The molecule has 1 atom stereocenters. The number of thiophene rings is 1. The normalized spacial score (nSPS) is 12.2. The van der Waals surface area contributed by atoms with E-state index < -0.39 is 32.7 Å². The van der Waals surface area contributed by atoms with Crippen LogP contribution in [0, 0.1) is 12.7 Å². The summed E-state index contributed by atoms with van der Waals surface area (Å²) in [5.74, 6) is -2.33. The molecule has 2 aromatic carbocycles. The van der Waals surface area contributed by atoms with Crippen LogP contribution in [0.3, 0.4) is 0 Å². The van der Waals surface area contributed by atoms with Crippen molar-refractivity contribution in [1.29, 1.82) is 0 Å². The van der Waals surface area contributed by atoms with Crippen LogP contribution in [0.5, 0.6) is 0 Å². The van der Waals surface area contributed by atoms with Gasteiger partial charge in [0.15, 0.2) is 9.84 Å². The standard InChI is InChI=1S/C22H21FN2O4S2/c1-15-5-2-3-6-16(15)13-24-21(26)22(27)25-14-20(19-7-4-12-30-19)31(28,29)18-10-8-17(23)9-11-18/h2-12,20H,13-14H2,1H3,(H,24,26)(H,25,27)/t20-/m1/s1. The van der Waals surface area contributed by atoms with Gasteiger partial charge in [-0.05, 0) is 53.8 Å². The van der Waals surface area contributed by atoms with Crippen molar-refractivity contribution in [1.82, 2.24) is 10.6 Å². The molecule has 3 rings (SSSR count). The summed E-state index contributed by atoms with van der Waals surface area (Å²) < 4.78 is 39.4. The lowest BCUT2D eigenvalue weighted by Crippen LogP contribution is -2.42. The van der Waals surface area contributed by atoms with Gasteiger partial charge in [0.25, 0.3) is 0 Å². The molecule has 0 saturated heterocycles. The summed E-state index contributed by atoms with van der Waals surface area (Å²) in [4.78, 5) is 24.9. The number of amides is 2. The van der Waals surface area contributed by atoms with Gasteiger partial charge in [-0.1, -0.05) is 30.3 Å². The molecular weight excluding hydrogens is 439 g/mol. The summed E-state index contributed by atoms with van der Waals surface area (Å²) in [5, 5.41) is 5.56. The maximum atomic E-state index is 13.2. The fraction of sp³-hybridized carbons (Fsp3) is 0.182. The highest BCUT2D eigenvalue weighted by atomic mass is 32.2. The van der Waals surface area contributed by atoms with Crippen LogP contribution in [-0.4, -0.2) is 26.8 Å². The lowest BCUT2D eigenvalue weighted by molar-refractivity contribution is -0.139. The number of aryl methyl sites for hydroxylation is 1. The molecule has 1 aromatic heterocycles. The molecule has 0 radical (unpaired) electrons. The van der Waals surface area contributed by atoms with Gasteiger partial charge in [0, 0.05) is 18.0 Å². The highest BCUT2D eigenvalue weighted by Gasteiger charge is 2.31. The molecule has 162 valence electrons. The Labute approximate surface area is 184 Å². The fourth-order valence-electron chi connectivity index (χ4n) is 2.96. The number of sulfone groups is 1. The smallest absolute Gasteiger partial charge is 0.309 e. The van der Waals surface area contributed by atoms with Crippen LogP contribution in [0.15, 0.2) is 70.9 Å². The van der Waals surface area contributed by atoms with Crippen molar-refractivity contribution in [3.05, 3.63) is 87.9 Å². The molecule has 9 heteroatoms. The van der Waals surface area contributed by atoms with E-state index in [-0.39, 0.29) is 18.0 Å². The Morgan fingerprint density at radius 3 is 2.29 bits per heavy atom. The number of carbonyl (C=O) groups excluding carboxylic acids is 2. The van der Waals surface area contributed by atoms with Gasteiger partial charge in [-0.15, -0.1) is 11.3 Å². The molecule has 2 N–H and O–H groups in total. The van der Waals surface area contributed by atoms with E-state index in [2.05, 4.69) is 10.6 Å². The number of rotatable bonds is 7. The first-order valence-electron chi connectivity index (χ1n) is 9.42. The lowest BCUT2D eigenvalue weighted by Gasteiger charge is -2.17. The largest absolute Gasteiger partial charge is 0.346 e. The van der Waals surface area contributed by atoms with Gasteiger partial charge in [-0.2, -0.15) is 0 Å². The number of hydrogen-bond acceptors (Lipinski definition) is 5. The molecule has 0 spiro atoms. The molecular formula is C22H21FN2O4S2. The predicted molar refractivity (Wildman–Crippen MR) is 117 cm³/mol. The summed E-state index contributed by atoms with van der Waals surface area (Å²) >= 11 is 1.22. The molecule has 0 fully saturated rings. The number of carbonyl (C=O) groups is 2. The minimum atomic E-state index is -3.93. The van der Waals surface area contributed by atoms with E-state index in [9.17, 15) is 22.4 Å². The maximum Gasteiger partial charge on any atom is 0.309 e. The minimum Gasteiger partial charge on any atom is -0.346 e. The third kappa shape index (κ3) is 5.56. The Morgan fingerprint density at radius 1 is 0.968 bits per heavy atom. The Balaban J connectivity index is 1.69. The zero-order valence-corrected chi connectivity index (χ0v) is 18.3. The average Bonchev–Trinajstić information content (AvgIpc) is 3.27. The number of hydrogen-bond donors (Lipinski definition) is 2. The third-order valence-electron chi connectivity index (χ3n) is 4.73. The SMILES string of the molecule is Cc1ccccc1CNC(=O)C(=O)NC[C@H](c1cccs1)S(=O)(=O)c1ccc(F)cc1. The molecule has 0 unspecified atom stereocenters. The van der Waals surface area contributed by atoms with Crippen LogP contribution in [0.2, 0.25) is 0 Å². The van der Waals surface area contributed by atoms with E-state index in [1.807, 2.05) is 31.2 Å². The third-order valence-corrected chi connectivity index (χ3v) is 7.97. The van der Waals surface area contributed by atoms with Gasteiger partial charge in [-0.25, -0.2) is 12.8 Å². The summed E-state index contributed by atoms with van der Waals surface area (Å²) in [6, 6.07) is 15.3. The summed E-state index contributed by atoms with van der Waals surface area (Å²) in [6.07, 6.45) is 0. The van der Waals surface area contributed by atoms with Crippen molar-refractivity contribution in [3.63, 3.8) is 0 Å². The van der Waals surface area contributed by atoms with Crippen LogP contribution >= 0.6 is 11.3 Å². The topological polar surface area (TPSA) is 92.3 Å². The maximum absolute atomic E-state index is 13.2. The molecule has 0 aliphatic rings.